The normalized spacial score (nSPS) is 14.7. The third-order valence-corrected chi connectivity index (χ3v) is 4.61. The maximum atomic E-state index is 12.6. The van der Waals surface area contributed by atoms with E-state index in [0.717, 1.165) is 48.5 Å². The van der Waals surface area contributed by atoms with E-state index in [1.54, 1.807) is 0 Å². The van der Waals surface area contributed by atoms with Crippen LogP contribution in [0.1, 0.15) is 16.1 Å². The van der Waals surface area contributed by atoms with E-state index >= 15 is 0 Å². The minimum absolute atomic E-state index is 0.126. The fourth-order valence-electron chi connectivity index (χ4n) is 3.19. The van der Waals surface area contributed by atoms with Crippen molar-refractivity contribution in [3.63, 3.8) is 0 Å². The average Bonchev–Trinajstić information content (AvgIpc) is 3.08. The number of anilines is 2. The van der Waals surface area contributed by atoms with E-state index in [4.69, 9.17) is 4.74 Å². The minimum Gasteiger partial charge on any atom is -0.378 e. The summed E-state index contributed by atoms with van der Waals surface area (Å²) >= 11 is 0. The molecule has 3 aromatic rings. The Labute approximate surface area is 146 Å². The number of hydrogen-bond donors (Lipinski definition) is 2. The molecule has 2 heterocycles. The van der Waals surface area contributed by atoms with Crippen LogP contribution in [0.4, 0.5) is 11.4 Å². The standard InChI is InChI=1S/C20H21N3O2/c1-14-12-16(23-8-10-25-11-9-23)6-7-17(14)22-20(24)19-13-15-4-2-3-5-18(15)21-19/h2-7,12-13,21H,8-11H2,1H3,(H,22,24). The molecule has 5 nitrogen and oxygen atoms in total. The van der Waals surface area contributed by atoms with E-state index < -0.39 is 0 Å². The number of morpholine rings is 1. The fraction of sp³-hybridized carbons (Fsp3) is 0.250. The minimum atomic E-state index is -0.126. The fourth-order valence-corrected chi connectivity index (χ4v) is 3.19. The summed E-state index contributed by atoms with van der Waals surface area (Å²) in [7, 11) is 0. The van der Waals surface area contributed by atoms with Crippen molar-refractivity contribution in [1.82, 2.24) is 4.98 Å². The van der Waals surface area contributed by atoms with Gasteiger partial charge < -0.3 is 19.9 Å². The summed E-state index contributed by atoms with van der Waals surface area (Å²) in [6.07, 6.45) is 0. The second-order valence-electron chi connectivity index (χ2n) is 6.32. The van der Waals surface area contributed by atoms with Crippen LogP contribution in [-0.4, -0.2) is 37.2 Å². The summed E-state index contributed by atoms with van der Waals surface area (Å²) in [6, 6.07) is 15.9. The second-order valence-corrected chi connectivity index (χ2v) is 6.32. The first kappa shape index (κ1) is 15.7. The smallest absolute Gasteiger partial charge is 0.272 e. The molecule has 1 fully saturated rings. The lowest BCUT2D eigenvalue weighted by Crippen LogP contribution is -2.36. The second kappa shape index (κ2) is 6.61. The van der Waals surface area contributed by atoms with E-state index in [9.17, 15) is 4.79 Å². The monoisotopic (exact) mass is 335 g/mol. The summed E-state index contributed by atoms with van der Waals surface area (Å²) < 4.78 is 5.40. The van der Waals surface area contributed by atoms with Gasteiger partial charge in [-0.25, -0.2) is 0 Å². The van der Waals surface area contributed by atoms with E-state index in [0.29, 0.717) is 5.69 Å². The number of aromatic amines is 1. The highest BCUT2D eigenvalue weighted by Gasteiger charge is 2.14. The highest BCUT2D eigenvalue weighted by molar-refractivity contribution is 6.06. The zero-order valence-electron chi connectivity index (χ0n) is 14.2. The molecule has 25 heavy (non-hydrogen) atoms. The molecular weight excluding hydrogens is 314 g/mol. The number of nitrogens with zero attached hydrogens (tertiary/aromatic N) is 1. The van der Waals surface area contributed by atoms with Crippen molar-refractivity contribution in [2.45, 2.75) is 6.92 Å². The van der Waals surface area contributed by atoms with E-state index in [-0.39, 0.29) is 5.91 Å². The Hall–Kier alpha value is -2.79. The van der Waals surface area contributed by atoms with Gasteiger partial charge in [0.1, 0.15) is 5.69 Å². The van der Waals surface area contributed by atoms with E-state index in [2.05, 4.69) is 27.3 Å². The number of rotatable bonds is 3. The number of carbonyl (C=O) groups is 1. The van der Waals surface area contributed by atoms with Gasteiger partial charge in [-0.05, 0) is 42.8 Å². The van der Waals surface area contributed by atoms with Crippen molar-refractivity contribution in [1.29, 1.82) is 0 Å². The first-order valence-electron chi connectivity index (χ1n) is 8.53. The Morgan fingerprint density at radius 1 is 1.12 bits per heavy atom. The molecule has 1 aliphatic heterocycles. The van der Waals surface area contributed by atoms with Gasteiger partial charge in [0.2, 0.25) is 0 Å². The molecule has 0 atom stereocenters. The van der Waals surface area contributed by atoms with Crippen LogP contribution in [0.25, 0.3) is 10.9 Å². The van der Waals surface area contributed by atoms with Crippen LogP contribution in [-0.2, 0) is 4.74 Å². The molecule has 0 spiro atoms. The molecule has 1 amide bonds. The largest absolute Gasteiger partial charge is 0.378 e. The Bertz CT molecular complexity index is 877. The number of hydrogen-bond acceptors (Lipinski definition) is 3. The number of fused-ring (bicyclic) bond motifs is 1. The summed E-state index contributed by atoms with van der Waals surface area (Å²) in [6.45, 7) is 5.35. The number of nitrogens with one attached hydrogen (secondary N) is 2. The molecular formula is C20H21N3O2. The average molecular weight is 335 g/mol. The third-order valence-electron chi connectivity index (χ3n) is 4.61. The maximum absolute atomic E-state index is 12.6. The molecule has 0 radical (unpaired) electrons. The van der Waals surface area contributed by atoms with Crippen molar-refractivity contribution < 1.29 is 9.53 Å². The Balaban J connectivity index is 1.52. The van der Waals surface area contributed by atoms with Crippen molar-refractivity contribution in [3.05, 3.63) is 59.8 Å². The number of carbonyl (C=O) groups excluding carboxylic acids is 1. The highest BCUT2D eigenvalue weighted by atomic mass is 16.5. The van der Waals surface area contributed by atoms with Crippen LogP contribution in [0.15, 0.2) is 48.5 Å². The molecule has 0 bridgehead atoms. The Morgan fingerprint density at radius 3 is 2.68 bits per heavy atom. The molecule has 0 unspecified atom stereocenters. The van der Waals surface area contributed by atoms with Gasteiger partial charge in [-0.15, -0.1) is 0 Å². The molecule has 1 saturated heterocycles. The first-order chi connectivity index (χ1) is 12.2. The van der Waals surface area contributed by atoms with Crippen molar-refractivity contribution >= 4 is 28.2 Å². The lowest BCUT2D eigenvalue weighted by atomic mass is 10.1. The zero-order valence-corrected chi connectivity index (χ0v) is 14.2. The van der Waals surface area contributed by atoms with Gasteiger partial charge in [0.15, 0.2) is 0 Å². The lowest BCUT2D eigenvalue weighted by molar-refractivity contribution is 0.102. The maximum Gasteiger partial charge on any atom is 0.272 e. The summed E-state index contributed by atoms with van der Waals surface area (Å²) in [4.78, 5) is 18.0. The van der Waals surface area contributed by atoms with Gasteiger partial charge in [0, 0.05) is 35.4 Å². The molecule has 1 aliphatic rings. The Morgan fingerprint density at radius 2 is 1.92 bits per heavy atom. The van der Waals surface area contributed by atoms with Crippen LogP contribution in [0.2, 0.25) is 0 Å². The molecule has 1 aromatic heterocycles. The molecule has 5 heteroatoms. The highest BCUT2D eigenvalue weighted by Crippen LogP contribution is 2.24. The predicted octanol–water partition coefficient (Wildman–Crippen LogP) is 3.57. The van der Waals surface area contributed by atoms with Crippen LogP contribution in [0.5, 0.6) is 0 Å². The molecule has 2 aromatic carbocycles. The third kappa shape index (κ3) is 3.23. The SMILES string of the molecule is Cc1cc(N2CCOCC2)ccc1NC(=O)c1cc2ccccc2[nH]1. The van der Waals surface area contributed by atoms with Crippen LogP contribution >= 0.6 is 0 Å². The topological polar surface area (TPSA) is 57.4 Å². The summed E-state index contributed by atoms with van der Waals surface area (Å²) in [5.41, 5.74) is 4.59. The van der Waals surface area contributed by atoms with Crippen LogP contribution in [0, 0.1) is 6.92 Å². The van der Waals surface area contributed by atoms with Gasteiger partial charge in [0.05, 0.1) is 13.2 Å². The number of benzene rings is 2. The zero-order chi connectivity index (χ0) is 17.2. The lowest BCUT2D eigenvalue weighted by Gasteiger charge is -2.29. The quantitative estimate of drug-likeness (QED) is 0.769. The van der Waals surface area contributed by atoms with Gasteiger partial charge in [-0.1, -0.05) is 18.2 Å². The number of para-hydroxylation sites is 1. The Kier molecular flexibility index (Phi) is 4.15. The van der Waals surface area contributed by atoms with Crippen LogP contribution in [0.3, 0.4) is 0 Å². The summed E-state index contributed by atoms with van der Waals surface area (Å²) in [5, 5.41) is 4.04. The summed E-state index contributed by atoms with van der Waals surface area (Å²) in [5.74, 6) is -0.126. The molecule has 128 valence electrons. The van der Waals surface area contributed by atoms with E-state index in [1.165, 1.54) is 5.69 Å². The van der Waals surface area contributed by atoms with Gasteiger partial charge in [0.25, 0.3) is 5.91 Å². The van der Waals surface area contributed by atoms with Crippen molar-refractivity contribution in [2.24, 2.45) is 0 Å². The molecule has 4 rings (SSSR count). The molecule has 2 N–H and O–H groups in total. The number of H-pyrrole nitrogens is 1. The van der Waals surface area contributed by atoms with Crippen LogP contribution < -0.4 is 10.2 Å². The predicted molar refractivity (Wildman–Crippen MR) is 100 cm³/mol. The number of aromatic nitrogens is 1. The number of amides is 1. The van der Waals surface area contributed by atoms with E-state index in [1.807, 2.05) is 43.3 Å². The first-order valence-corrected chi connectivity index (χ1v) is 8.53. The number of aryl methyl sites for hydroxylation is 1. The van der Waals surface area contributed by atoms with Gasteiger partial charge in [-0.2, -0.15) is 0 Å². The van der Waals surface area contributed by atoms with Crippen molar-refractivity contribution in [3.8, 4) is 0 Å². The van der Waals surface area contributed by atoms with Crippen molar-refractivity contribution in [2.75, 3.05) is 36.5 Å². The molecule has 0 saturated carbocycles. The van der Waals surface area contributed by atoms with Gasteiger partial charge >= 0.3 is 0 Å². The number of ether oxygens (including phenoxy) is 1. The molecule has 0 aliphatic carbocycles. The van der Waals surface area contributed by atoms with Gasteiger partial charge in [-0.3, -0.25) is 4.79 Å².